The number of ether oxygens (including phenoxy) is 3. The standard InChI is InChI=1S/C23H32N2O7/c1-4-5-6-7-13-31-18(16-30-12-8-11-26)15-24-21-19-14-17(25(28)29)9-10-20(19)32-23(2,3)22(21)27/h8-10,14-15,21-22,24,27H,4-7,12-13,16H2,1-3H3/b18-15+/t21-,22+/m1/s1. The van der Waals surface area contributed by atoms with Crippen LogP contribution in [0.2, 0.25) is 0 Å². The lowest BCUT2D eigenvalue weighted by molar-refractivity contribution is -0.385. The van der Waals surface area contributed by atoms with Gasteiger partial charge in [-0.3, -0.25) is 10.1 Å². The van der Waals surface area contributed by atoms with Gasteiger partial charge in [-0.05, 0) is 26.3 Å². The number of hydrogen-bond acceptors (Lipinski definition) is 8. The SMILES string of the molecule is CCCCCCO/C(=C/N[C@@H]1c2cc([N+](=O)[O-])ccc2OC(C)(C)[C@H]1O)COCC=C=O. The quantitative estimate of drug-likeness (QED) is 0.154. The summed E-state index contributed by atoms with van der Waals surface area (Å²) in [5.74, 6) is 2.61. The van der Waals surface area contributed by atoms with Gasteiger partial charge in [0.15, 0.2) is 0 Å². The molecule has 0 aromatic heterocycles. The Balaban J connectivity index is 2.21. The third kappa shape index (κ3) is 7.09. The van der Waals surface area contributed by atoms with E-state index in [1.54, 1.807) is 32.1 Å². The summed E-state index contributed by atoms with van der Waals surface area (Å²) in [6, 6.07) is 3.65. The average molecular weight is 449 g/mol. The number of benzene rings is 1. The molecule has 0 radical (unpaired) electrons. The van der Waals surface area contributed by atoms with Gasteiger partial charge in [0, 0.05) is 30.0 Å². The Labute approximate surface area is 188 Å². The molecule has 1 aromatic rings. The van der Waals surface area contributed by atoms with Gasteiger partial charge in [0.05, 0.1) is 24.2 Å². The molecular weight excluding hydrogens is 416 g/mol. The summed E-state index contributed by atoms with van der Waals surface area (Å²) in [6.07, 6.45) is 6.03. The van der Waals surface area contributed by atoms with Crippen LogP contribution in [0.3, 0.4) is 0 Å². The molecule has 0 amide bonds. The molecule has 9 nitrogen and oxygen atoms in total. The predicted octanol–water partition coefficient (Wildman–Crippen LogP) is 3.60. The van der Waals surface area contributed by atoms with Crippen molar-refractivity contribution in [2.45, 2.75) is 64.2 Å². The van der Waals surface area contributed by atoms with Gasteiger partial charge >= 0.3 is 0 Å². The van der Waals surface area contributed by atoms with E-state index in [4.69, 9.17) is 14.2 Å². The van der Waals surface area contributed by atoms with Crippen LogP contribution in [-0.4, -0.2) is 47.5 Å². The summed E-state index contributed by atoms with van der Waals surface area (Å²) in [5, 5.41) is 25.3. The molecular formula is C23H32N2O7. The smallest absolute Gasteiger partial charge is 0.270 e. The number of aliphatic hydroxyl groups excluding tert-OH is 1. The van der Waals surface area contributed by atoms with Crippen LogP contribution in [0.25, 0.3) is 0 Å². The zero-order chi connectivity index (χ0) is 23.6. The van der Waals surface area contributed by atoms with Crippen LogP contribution in [0.15, 0.2) is 36.2 Å². The molecule has 9 heteroatoms. The number of aliphatic hydroxyl groups is 1. The van der Waals surface area contributed by atoms with Gasteiger partial charge < -0.3 is 24.6 Å². The molecule has 0 spiro atoms. The van der Waals surface area contributed by atoms with Gasteiger partial charge in [-0.25, -0.2) is 4.79 Å². The summed E-state index contributed by atoms with van der Waals surface area (Å²) in [6.45, 7) is 6.35. The van der Waals surface area contributed by atoms with Crippen LogP contribution in [0.1, 0.15) is 58.1 Å². The van der Waals surface area contributed by atoms with Crippen molar-refractivity contribution in [2.75, 3.05) is 19.8 Å². The fourth-order valence-electron chi connectivity index (χ4n) is 3.37. The fourth-order valence-corrected chi connectivity index (χ4v) is 3.37. The van der Waals surface area contributed by atoms with E-state index >= 15 is 0 Å². The number of nitrogens with one attached hydrogen (secondary N) is 1. The molecule has 0 saturated carbocycles. The Morgan fingerprint density at radius 3 is 2.84 bits per heavy atom. The number of nitro benzene ring substituents is 1. The largest absolute Gasteiger partial charge is 0.494 e. The second kappa shape index (κ2) is 12.2. The van der Waals surface area contributed by atoms with Crippen LogP contribution in [0.4, 0.5) is 5.69 Å². The summed E-state index contributed by atoms with van der Waals surface area (Å²) in [5.41, 5.74) is -0.526. The van der Waals surface area contributed by atoms with Crippen molar-refractivity contribution in [1.82, 2.24) is 5.32 Å². The van der Waals surface area contributed by atoms with Gasteiger partial charge in [-0.1, -0.05) is 26.2 Å². The van der Waals surface area contributed by atoms with Gasteiger partial charge in [0.25, 0.3) is 5.69 Å². The van der Waals surface area contributed by atoms with E-state index < -0.39 is 22.7 Å². The molecule has 2 rings (SSSR count). The first-order chi connectivity index (χ1) is 15.3. The van der Waals surface area contributed by atoms with E-state index in [1.165, 1.54) is 18.2 Å². The molecule has 0 unspecified atom stereocenters. The number of unbranched alkanes of at least 4 members (excludes halogenated alkanes) is 3. The van der Waals surface area contributed by atoms with Crippen molar-refractivity contribution >= 4 is 11.6 Å². The van der Waals surface area contributed by atoms with Crippen molar-refractivity contribution in [3.8, 4) is 5.75 Å². The lowest BCUT2D eigenvalue weighted by Crippen LogP contribution is -2.51. The van der Waals surface area contributed by atoms with Crippen LogP contribution in [0.5, 0.6) is 5.75 Å². The van der Waals surface area contributed by atoms with Gasteiger partial charge in [-0.2, -0.15) is 0 Å². The molecule has 2 N–H and O–H groups in total. The van der Waals surface area contributed by atoms with E-state index in [0.717, 1.165) is 25.7 Å². The number of fused-ring (bicyclic) bond motifs is 1. The molecule has 0 saturated heterocycles. The summed E-state index contributed by atoms with van der Waals surface area (Å²) < 4.78 is 17.1. The maximum Gasteiger partial charge on any atom is 0.270 e. The van der Waals surface area contributed by atoms with Crippen molar-refractivity contribution in [1.29, 1.82) is 0 Å². The lowest BCUT2D eigenvalue weighted by atomic mass is 9.86. The highest BCUT2D eigenvalue weighted by Gasteiger charge is 2.43. The van der Waals surface area contributed by atoms with Crippen molar-refractivity contribution in [3.63, 3.8) is 0 Å². The predicted molar refractivity (Wildman–Crippen MR) is 119 cm³/mol. The van der Waals surface area contributed by atoms with Crippen LogP contribution < -0.4 is 10.1 Å². The first kappa shape index (κ1) is 25.4. The molecule has 0 aliphatic carbocycles. The van der Waals surface area contributed by atoms with Crippen LogP contribution in [0, 0.1) is 10.1 Å². The molecule has 0 fully saturated rings. The molecule has 1 aliphatic heterocycles. The Hall–Kier alpha value is -2.87. The third-order valence-electron chi connectivity index (χ3n) is 5.18. The van der Waals surface area contributed by atoms with Gasteiger partial charge in [0.1, 0.15) is 35.8 Å². The second-order valence-corrected chi connectivity index (χ2v) is 8.13. The van der Waals surface area contributed by atoms with Crippen LogP contribution >= 0.6 is 0 Å². The molecule has 1 aromatic carbocycles. The number of hydrogen-bond donors (Lipinski definition) is 2. The second-order valence-electron chi connectivity index (χ2n) is 8.13. The molecule has 1 aliphatic rings. The van der Waals surface area contributed by atoms with Crippen molar-refractivity contribution in [3.05, 3.63) is 51.9 Å². The maximum absolute atomic E-state index is 11.2. The number of nitrogens with zero attached hydrogens (tertiary/aromatic N) is 1. The van der Waals surface area contributed by atoms with E-state index in [1.807, 2.05) is 0 Å². The summed E-state index contributed by atoms with van der Waals surface area (Å²) >= 11 is 0. The Morgan fingerprint density at radius 2 is 2.16 bits per heavy atom. The topological polar surface area (TPSA) is 120 Å². The van der Waals surface area contributed by atoms with E-state index in [2.05, 4.69) is 12.2 Å². The lowest BCUT2D eigenvalue weighted by Gasteiger charge is -2.42. The molecule has 1 heterocycles. The van der Waals surface area contributed by atoms with Gasteiger partial charge in [0.2, 0.25) is 0 Å². The minimum absolute atomic E-state index is 0.0913. The zero-order valence-electron chi connectivity index (χ0n) is 18.8. The van der Waals surface area contributed by atoms with Crippen LogP contribution in [-0.2, 0) is 14.3 Å². The minimum Gasteiger partial charge on any atom is -0.494 e. The first-order valence-electron chi connectivity index (χ1n) is 10.8. The number of carbonyl (C=O) groups excluding carboxylic acids is 1. The number of non-ortho nitro benzene ring substituents is 1. The minimum atomic E-state index is -0.988. The Morgan fingerprint density at radius 1 is 1.38 bits per heavy atom. The third-order valence-corrected chi connectivity index (χ3v) is 5.18. The Kier molecular flexibility index (Phi) is 9.71. The molecule has 32 heavy (non-hydrogen) atoms. The van der Waals surface area contributed by atoms with Crippen molar-refractivity contribution < 1.29 is 29.0 Å². The maximum atomic E-state index is 11.2. The first-order valence-corrected chi connectivity index (χ1v) is 10.8. The van der Waals surface area contributed by atoms with E-state index in [9.17, 15) is 20.0 Å². The molecule has 2 atom stereocenters. The van der Waals surface area contributed by atoms with Gasteiger partial charge in [-0.15, -0.1) is 0 Å². The fraction of sp³-hybridized carbons (Fsp3) is 0.565. The highest BCUT2D eigenvalue weighted by Crippen LogP contribution is 2.41. The highest BCUT2D eigenvalue weighted by molar-refractivity contribution is 5.48. The highest BCUT2D eigenvalue weighted by atomic mass is 16.6. The molecule has 0 bridgehead atoms. The monoisotopic (exact) mass is 448 g/mol. The zero-order valence-corrected chi connectivity index (χ0v) is 18.8. The Bertz CT molecular complexity index is 847. The van der Waals surface area contributed by atoms with E-state index in [0.29, 0.717) is 23.7 Å². The summed E-state index contributed by atoms with van der Waals surface area (Å²) in [7, 11) is 0. The average Bonchev–Trinajstić information content (AvgIpc) is 2.75. The van der Waals surface area contributed by atoms with Crippen molar-refractivity contribution in [2.24, 2.45) is 0 Å². The molecule has 176 valence electrons. The number of rotatable bonds is 13. The van der Waals surface area contributed by atoms with E-state index in [-0.39, 0.29) is 18.9 Å². The summed E-state index contributed by atoms with van der Waals surface area (Å²) in [4.78, 5) is 21.1. The normalized spacial score (nSPS) is 19.3. The number of nitro groups is 1.